The molecule has 0 amide bonds. The van der Waals surface area contributed by atoms with E-state index in [-0.39, 0.29) is 0 Å². The zero-order chi connectivity index (χ0) is 13.0. The summed E-state index contributed by atoms with van der Waals surface area (Å²) >= 11 is 0. The highest BCUT2D eigenvalue weighted by Gasteiger charge is 2.37. The number of likely N-dealkylation sites (N-methyl/N-ethyl adjacent to an activating group) is 1. The van der Waals surface area contributed by atoms with Crippen LogP contribution >= 0.6 is 0 Å². The molecule has 3 heteroatoms. The van der Waals surface area contributed by atoms with Gasteiger partial charge in [0, 0.05) is 24.7 Å². The Hall–Kier alpha value is -0.120. The molecule has 1 heterocycles. The lowest BCUT2D eigenvalue weighted by atomic mass is 10.1. The number of hydrogen-bond acceptors (Lipinski definition) is 3. The van der Waals surface area contributed by atoms with Crippen LogP contribution in [0.4, 0.5) is 0 Å². The fourth-order valence-electron chi connectivity index (χ4n) is 3.82. The molecule has 1 aliphatic heterocycles. The minimum atomic E-state index is 0.757. The summed E-state index contributed by atoms with van der Waals surface area (Å²) in [6.45, 7) is 6.01. The van der Waals surface area contributed by atoms with Gasteiger partial charge in [-0.15, -0.1) is 0 Å². The van der Waals surface area contributed by atoms with E-state index in [9.17, 15) is 0 Å². The molecule has 0 aromatic heterocycles. The fraction of sp³-hybridized carbons (Fsp3) is 1.00. The van der Waals surface area contributed by atoms with E-state index in [2.05, 4.69) is 36.1 Å². The number of likely N-dealkylation sites (tertiary alicyclic amines) is 1. The first-order valence-corrected chi connectivity index (χ1v) is 7.86. The summed E-state index contributed by atoms with van der Waals surface area (Å²) in [6.07, 6.45) is 8.26. The van der Waals surface area contributed by atoms with Crippen LogP contribution in [0.5, 0.6) is 0 Å². The molecule has 0 aromatic rings. The maximum Gasteiger partial charge on any atom is 0.0252 e. The van der Waals surface area contributed by atoms with E-state index in [0.29, 0.717) is 0 Å². The van der Waals surface area contributed by atoms with Crippen molar-refractivity contribution >= 4 is 0 Å². The second-order valence-electron chi connectivity index (χ2n) is 6.35. The van der Waals surface area contributed by atoms with E-state index >= 15 is 0 Å². The lowest BCUT2D eigenvalue weighted by molar-refractivity contribution is 0.135. The molecule has 1 saturated carbocycles. The third-order valence-corrected chi connectivity index (χ3v) is 4.56. The Morgan fingerprint density at radius 3 is 2.72 bits per heavy atom. The van der Waals surface area contributed by atoms with Gasteiger partial charge in [0.1, 0.15) is 0 Å². The molecule has 106 valence electrons. The third-order valence-electron chi connectivity index (χ3n) is 4.56. The summed E-state index contributed by atoms with van der Waals surface area (Å²) in [6, 6.07) is 2.37. The van der Waals surface area contributed by atoms with Gasteiger partial charge >= 0.3 is 0 Å². The molecule has 3 unspecified atom stereocenters. The Bertz CT molecular complexity index is 242. The predicted molar refractivity (Wildman–Crippen MR) is 78.0 cm³/mol. The molecule has 18 heavy (non-hydrogen) atoms. The summed E-state index contributed by atoms with van der Waals surface area (Å²) in [7, 11) is 4.41. The van der Waals surface area contributed by atoms with Gasteiger partial charge in [0.2, 0.25) is 0 Å². The monoisotopic (exact) mass is 253 g/mol. The molecule has 3 atom stereocenters. The van der Waals surface area contributed by atoms with Crippen LogP contribution in [0.15, 0.2) is 0 Å². The van der Waals surface area contributed by atoms with Crippen LogP contribution in [0, 0.1) is 0 Å². The quantitative estimate of drug-likeness (QED) is 0.780. The Morgan fingerprint density at radius 2 is 2.00 bits per heavy atom. The average molecular weight is 253 g/mol. The molecular formula is C15H31N3. The van der Waals surface area contributed by atoms with Gasteiger partial charge in [-0.05, 0) is 59.3 Å². The van der Waals surface area contributed by atoms with Crippen LogP contribution in [-0.2, 0) is 0 Å². The molecule has 3 nitrogen and oxygen atoms in total. The Labute approximate surface area is 113 Å². The highest BCUT2D eigenvalue weighted by atomic mass is 15.3. The van der Waals surface area contributed by atoms with Crippen LogP contribution in [-0.4, -0.2) is 61.7 Å². The van der Waals surface area contributed by atoms with Crippen molar-refractivity contribution in [1.29, 1.82) is 0 Å². The molecule has 0 aromatic carbocycles. The van der Waals surface area contributed by atoms with E-state index in [1.807, 2.05) is 0 Å². The van der Waals surface area contributed by atoms with Crippen LogP contribution in [0.1, 0.15) is 45.4 Å². The zero-order valence-electron chi connectivity index (χ0n) is 12.5. The van der Waals surface area contributed by atoms with Crippen molar-refractivity contribution in [2.24, 2.45) is 0 Å². The first-order chi connectivity index (χ1) is 8.72. The average Bonchev–Trinajstić information content (AvgIpc) is 2.93. The van der Waals surface area contributed by atoms with Crippen LogP contribution in [0.2, 0.25) is 0 Å². The molecule has 1 saturated heterocycles. The van der Waals surface area contributed by atoms with Gasteiger partial charge in [0.05, 0.1) is 0 Å². The Kier molecular flexibility index (Phi) is 5.46. The molecule has 2 aliphatic rings. The van der Waals surface area contributed by atoms with Gasteiger partial charge < -0.3 is 10.2 Å². The molecule has 0 bridgehead atoms. The van der Waals surface area contributed by atoms with Crippen molar-refractivity contribution in [3.05, 3.63) is 0 Å². The molecule has 2 fully saturated rings. The molecule has 2 rings (SSSR count). The predicted octanol–water partition coefficient (Wildman–Crippen LogP) is 1.93. The van der Waals surface area contributed by atoms with Gasteiger partial charge in [0.15, 0.2) is 0 Å². The summed E-state index contributed by atoms with van der Waals surface area (Å²) in [5.74, 6) is 0. The van der Waals surface area contributed by atoms with Crippen LogP contribution < -0.4 is 5.32 Å². The maximum absolute atomic E-state index is 3.78. The van der Waals surface area contributed by atoms with Crippen molar-refractivity contribution in [3.63, 3.8) is 0 Å². The van der Waals surface area contributed by atoms with Crippen LogP contribution in [0.3, 0.4) is 0 Å². The van der Waals surface area contributed by atoms with E-state index in [1.54, 1.807) is 0 Å². The van der Waals surface area contributed by atoms with Crippen LogP contribution in [0.25, 0.3) is 0 Å². The molecular weight excluding hydrogens is 222 g/mol. The largest absolute Gasteiger partial charge is 0.312 e. The second-order valence-corrected chi connectivity index (χ2v) is 6.35. The number of nitrogens with zero attached hydrogens (tertiary/aromatic N) is 2. The lowest BCUT2D eigenvalue weighted by Gasteiger charge is -2.36. The fourth-order valence-corrected chi connectivity index (χ4v) is 3.82. The number of nitrogens with one attached hydrogen (secondary N) is 1. The van der Waals surface area contributed by atoms with E-state index in [4.69, 9.17) is 0 Å². The highest BCUT2D eigenvalue weighted by molar-refractivity contribution is 4.95. The smallest absolute Gasteiger partial charge is 0.0252 e. The van der Waals surface area contributed by atoms with Gasteiger partial charge in [-0.2, -0.15) is 0 Å². The van der Waals surface area contributed by atoms with Gasteiger partial charge in [-0.25, -0.2) is 0 Å². The van der Waals surface area contributed by atoms with Crippen molar-refractivity contribution in [3.8, 4) is 0 Å². The normalized spacial score (nSPS) is 33.7. The van der Waals surface area contributed by atoms with Gasteiger partial charge in [-0.3, -0.25) is 4.90 Å². The van der Waals surface area contributed by atoms with E-state index < -0.39 is 0 Å². The molecule has 0 radical (unpaired) electrons. The Balaban J connectivity index is 1.91. The first-order valence-electron chi connectivity index (χ1n) is 7.86. The summed E-state index contributed by atoms with van der Waals surface area (Å²) in [4.78, 5) is 5.17. The van der Waals surface area contributed by atoms with Crippen molar-refractivity contribution in [2.75, 3.05) is 33.7 Å². The zero-order valence-corrected chi connectivity index (χ0v) is 12.5. The second kappa shape index (κ2) is 6.88. The summed E-state index contributed by atoms with van der Waals surface area (Å²) in [5.41, 5.74) is 0. The third kappa shape index (κ3) is 3.46. The minimum Gasteiger partial charge on any atom is -0.312 e. The number of hydrogen-bond donors (Lipinski definition) is 1. The van der Waals surface area contributed by atoms with Crippen molar-refractivity contribution < 1.29 is 0 Å². The van der Waals surface area contributed by atoms with Gasteiger partial charge in [0.25, 0.3) is 0 Å². The molecule has 1 aliphatic carbocycles. The van der Waals surface area contributed by atoms with Gasteiger partial charge in [-0.1, -0.05) is 13.3 Å². The van der Waals surface area contributed by atoms with E-state index in [1.165, 1.54) is 58.2 Å². The molecule has 0 spiro atoms. The number of rotatable bonds is 6. The lowest BCUT2D eigenvalue weighted by Crippen LogP contribution is -2.51. The summed E-state index contributed by atoms with van der Waals surface area (Å²) in [5, 5.41) is 3.78. The minimum absolute atomic E-state index is 0.757. The highest BCUT2D eigenvalue weighted by Crippen LogP contribution is 2.30. The first kappa shape index (κ1) is 14.3. The molecule has 1 N–H and O–H groups in total. The maximum atomic E-state index is 3.78. The van der Waals surface area contributed by atoms with Crippen molar-refractivity contribution in [2.45, 2.75) is 63.6 Å². The Morgan fingerprint density at radius 1 is 1.17 bits per heavy atom. The summed E-state index contributed by atoms with van der Waals surface area (Å²) < 4.78 is 0. The SMILES string of the molecule is CCCNC1CCCC1N1CCCC1CN(C)C. The standard InChI is InChI=1S/C15H31N3/c1-4-10-16-14-8-5-9-15(14)18-11-6-7-13(18)12-17(2)3/h13-16H,4-12H2,1-3H3. The van der Waals surface area contributed by atoms with E-state index in [0.717, 1.165) is 18.1 Å². The topological polar surface area (TPSA) is 18.5 Å². The van der Waals surface area contributed by atoms with Crippen molar-refractivity contribution in [1.82, 2.24) is 15.1 Å².